The van der Waals surface area contributed by atoms with Crippen molar-refractivity contribution in [3.8, 4) is 22.3 Å². The number of aryl methyl sites for hydroxylation is 2. The Morgan fingerprint density at radius 3 is 0.815 bits per heavy atom. The van der Waals surface area contributed by atoms with Gasteiger partial charge in [-0.15, -0.1) is 0 Å². The fraction of sp³-hybridized carbons (Fsp3) is 0.0385. The second kappa shape index (κ2) is 15.8. The van der Waals surface area contributed by atoms with Crippen molar-refractivity contribution in [2.24, 2.45) is 0 Å². The number of hydrogen-bond donors (Lipinski definition) is 0. The Morgan fingerprint density at radius 1 is 0.278 bits per heavy atom. The van der Waals surface area contributed by atoms with Crippen molar-refractivity contribution in [2.75, 3.05) is 9.80 Å². The normalized spacial score (nSPS) is 11.1. The summed E-state index contributed by atoms with van der Waals surface area (Å²) in [6.45, 7) is 4.39. The largest absolute Gasteiger partial charge is 0.311 e. The standard InChI is InChI=1S/C52H42N2/c1-39-37-45(43-29-33-51(34-30-43)53(47-15-7-3-8-16-47)48-17-9-4-10-18-48)27-25-41(39)23-24-42-26-28-46(38-40(42)2)44-31-35-52(36-32-44)54(49-19-11-5-12-20-49)50-21-13-6-14-22-50/h3-38H,1-2H3. The Hall–Kier alpha value is -6.90. The summed E-state index contributed by atoms with van der Waals surface area (Å²) in [6, 6.07) is 73.3. The topological polar surface area (TPSA) is 6.48 Å². The van der Waals surface area contributed by atoms with Gasteiger partial charge in [0.2, 0.25) is 0 Å². The third kappa shape index (κ3) is 7.51. The zero-order chi connectivity index (χ0) is 36.7. The van der Waals surface area contributed by atoms with Crippen LogP contribution in [0.25, 0.3) is 34.4 Å². The molecule has 54 heavy (non-hydrogen) atoms. The molecule has 0 aliphatic rings. The van der Waals surface area contributed by atoms with Gasteiger partial charge in [0, 0.05) is 34.1 Å². The summed E-state index contributed by atoms with van der Waals surface area (Å²) in [4.78, 5) is 4.58. The summed E-state index contributed by atoms with van der Waals surface area (Å²) < 4.78 is 0. The summed E-state index contributed by atoms with van der Waals surface area (Å²) >= 11 is 0. The van der Waals surface area contributed by atoms with Crippen LogP contribution in [0.2, 0.25) is 0 Å². The first-order chi connectivity index (χ1) is 26.6. The molecular weight excluding hydrogens is 653 g/mol. The van der Waals surface area contributed by atoms with E-state index >= 15 is 0 Å². The highest BCUT2D eigenvalue weighted by Crippen LogP contribution is 2.37. The highest BCUT2D eigenvalue weighted by Gasteiger charge is 2.14. The molecule has 8 aromatic rings. The maximum atomic E-state index is 2.29. The lowest BCUT2D eigenvalue weighted by Gasteiger charge is -2.25. The molecule has 8 aromatic carbocycles. The number of anilines is 6. The van der Waals surface area contributed by atoms with E-state index in [1.165, 1.54) is 44.5 Å². The van der Waals surface area contributed by atoms with Crippen LogP contribution >= 0.6 is 0 Å². The van der Waals surface area contributed by atoms with Gasteiger partial charge in [-0.25, -0.2) is 0 Å². The molecule has 0 atom stereocenters. The van der Waals surface area contributed by atoms with E-state index in [-0.39, 0.29) is 0 Å². The van der Waals surface area contributed by atoms with E-state index in [4.69, 9.17) is 0 Å². The highest BCUT2D eigenvalue weighted by molar-refractivity contribution is 5.81. The van der Waals surface area contributed by atoms with Crippen LogP contribution in [-0.2, 0) is 0 Å². The Labute approximate surface area is 319 Å². The lowest BCUT2D eigenvalue weighted by Crippen LogP contribution is -2.09. The Balaban J connectivity index is 0.977. The van der Waals surface area contributed by atoms with Gasteiger partial charge >= 0.3 is 0 Å². The third-order valence-electron chi connectivity index (χ3n) is 9.96. The predicted molar refractivity (Wildman–Crippen MR) is 232 cm³/mol. The van der Waals surface area contributed by atoms with Gasteiger partial charge in [0.25, 0.3) is 0 Å². The van der Waals surface area contributed by atoms with Crippen LogP contribution in [-0.4, -0.2) is 0 Å². The molecule has 0 unspecified atom stereocenters. The lowest BCUT2D eigenvalue weighted by molar-refractivity contribution is 1.28. The van der Waals surface area contributed by atoms with Gasteiger partial charge in [-0.2, -0.15) is 0 Å². The Kier molecular flexibility index (Phi) is 9.99. The van der Waals surface area contributed by atoms with Crippen LogP contribution in [0.1, 0.15) is 22.3 Å². The van der Waals surface area contributed by atoms with Crippen molar-refractivity contribution in [3.63, 3.8) is 0 Å². The molecule has 0 bridgehead atoms. The summed E-state index contributed by atoms with van der Waals surface area (Å²) in [7, 11) is 0. The van der Waals surface area contributed by atoms with Crippen LogP contribution in [0, 0.1) is 13.8 Å². The maximum absolute atomic E-state index is 2.29. The van der Waals surface area contributed by atoms with Crippen molar-refractivity contribution in [1.29, 1.82) is 0 Å². The van der Waals surface area contributed by atoms with Crippen LogP contribution in [0.3, 0.4) is 0 Å². The molecule has 0 N–H and O–H groups in total. The smallest absolute Gasteiger partial charge is 0.0462 e. The molecule has 2 nitrogen and oxygen atoms in total. The zero-order valence-electron chi connectivity index (χ0n) is 30.7. The Bertz CT molecular complexity index is 2210. The summed E-state index contributed by atoms with van der Waals surface area (Å²) in [5, 5.41) is 0. The monoisotopic (exact) mass is 694 g/mol. The van der Waals surface area contributed by atoms with Crippen molar-refractivity contribution in [3.05, 3.63) is 229 Å². The van der Waals surface area contributed by atoms with Crippen molar-refractivity contribution < 1.29 is 0 Å². The third-order valence-corrected chi connectivity index (χ3v) is 9.96. The quantitative estimate of drug-likeness (QED) is 0.132. The molecule has 0 spiro atoms. The average Bonchev–Trinajstić information content (AvgIpc) is 3.23. The van der Waals surface area contributed by atoms with Crippen LogP contribution in [0.4, 0.5) is 34.1 Å². The highest BCUT2D eigenvalue weighted by atomic mass is 15.1. The van der Waals surface area contributed by atoms with Crippen molar-refractivity contribution in [1.82, 2.24) is 0 Å². The molecule has 0 saturated heterocycles. The van der Waals surface area contributed by atoms with E-state index in [1.54, 1.807) is 0 Å². The van der Waals surface area contributed by atoms with E-state index in [9.17, 15) is 0 Å². The Morgan fingerprint density at radius 2 is 0.537 bits per heavy atom. The molecule has 8 rings (SSSR count). The van der Waals surface area contributed by atoms with E-state index in [1.807, 2.05) is 0 Å². The first kappa shape index (κ1) is 34.2. The van der Waals surface area contributed by atoms with Crippen LogP contribution in [0.15, 0.2) is 206 Å². The lowest BCUT2D eigenvalue weighted by atomic mass is 9.97. The van der Waals surface area contributed by atoms with Gasteiger partial charge in [0.1, 0.15) is 0 Å². The molecule has 0 heterocycles. The van der Waals surface area contributed by atoms with Gasteiger partial charge in [-0.1, -0.05) is 146 Å². The molecule has 0 aliphatic carbocycles. The van der Waals surface area contributed by atoms with Gasteiger partial charge in [-0.05, 0) is 131 Å². The molecule has 0 amide bonds. The number of rotatable bonds is 10. The zero-order valence-corrected chi connectivity index (χ0v) is 30.7. The number of hydrogen-bond acceptors (Lipinski definition) is 2. The van der Waals surface area contributed by atoms with E-state index in [0.29, 0.717) is 0 Å². The minimum absolute atomic E-state index is 1.13. The van der Waals surface area contributed by atoms with Gasteiger partial charge in [-0.3, -0.25) is 0 Å². The van der Waals surface area contributed by atoms with E-state index in [2.05, 4.69) is 242 Å². The fourth-order valence-corrected chi connectivity index (χ4v) is 7.07. The van der Waals surface area contributed by atoms with Crippen LogP contribution < -0.4 is 9.80 Å². The van der Waals surface area contributed by atoms with Gasteiger partial charge < -0.3 is 9.80 Å². The minimum atomic E-state index is 1.13. The summed E-state index contributed by atoms with van der Waals surface area (Å²) in [5.74, 6) is 0. The average molecular weight is 695 g/mol. The molecule has 0 aliphatic heterocycles. The van der Waals surface area contributed by atoms with Gasteiger partial charge in [0.05, 0.1) is 0 Å². The molecule has 0 radical (unpaired) electrons. The second-order valence-corrected chi connectivity index (χ2v) is 13.6. The van der Waals surface area contributed by atoms with Crippen molar-refractivity contribution in [2.45, 2.75) is 13.8 Å². The number of benzene rings is 8. The van der Waals surface area contributed by atoms with Crippen LogP contribution in [0.5, 0.6) is 0 Å². The first-order valence-electron chi connectivity index (χ1n) is 18.5. The van der Waals surface area contributed by atoms with E-state index in [0.717, 1.165) is 34.1 Å². The molecular formula is C52H42N2. The first-order valence-corrected chi connectivity index (χ1v) is 18.5. The maximum Gasteiger partial charge on any atom is 0.0462 e. The van der Waals surface area contributed by atoms with Gasteiger partial charge in [0.15, 0.2) is 0 Å². The molecule has 2 heteroatoms. The minimum Gasteiger partial charge on any atom is -0.311 e. The number of para-hydroxylation sites is 4. The molecule has 0 fully saturated rings. The number of nitrogens with zero attached hydrogens (tertiary/aromatic N) is 2. The SMILES string of the molecule is Cc1cc(-c2ccc(N(c3ccccc3)c3ccccc3)cc2)ccc1C=Cc1ccc(-c2ccc(N(c3ccccc3)c3ccccc3)cc2)cc1C. The second-order valence-electron chi connectivity index (χ2n) is 13.6. The molecule has 0 saturated carbocycles. The fourth-order valence-electron chi connectivity index (χ4n) is 7.07. The molecule has 260 valence electrons. The molecule has 0 aromatic heterocycles. The summed E-state index contributed by atoms with van der Waals surface area (Å²) in [6.07, 6.45) is 4.47. The van der Waals surface area contributed by atoms with Crippen molar-refractivity contribution >= 4 is 46.3 Å². The van der Waals surface area contributed by atoms with E-state index < -0.39 is 0 Å². The predicted octanol–water partition coefficient (Wildman–Crippen LogP) is 14.7. The summed E-state index contributed by atoms with van der Waals surface area (Å²) in [5.41, 5.74) is 16.6.